The molecule has 0 radical (unpaired) electrons. The van der Waals surface area contributed by atoms with Crippen molar-refractivity contribution in [3.63, 3.8) is 0 Å². The number of carbonyl (C=O) groups is 1. The minimum atomic E-state index is -0.587. The maximum atomic E-state index is 13.3. The van der Waals surface area contributed by atoms with Crippen molar-refractivity contribution in [3.05, 3.63) is 70.5 Å². The SMILES string of the molecule is NC(Cc1ccccc1)C(=O)Cc1ccc(Cl)c(F)c1. The van der Waals surface area contributed by atoms with Gasteiger partial charge in [0.05, 0.1) is 11.1 Å². The summed E-state index contributed by atoms with van der Waals surface area (Å²) in [6, 6.07) is 13.3. The van der Waals surface area contributed by atoms with Gasteiger partial charge in [0, 0.05) is 6.42 Å². The van der Waals surface area contributed by atoms with Crippen molar-refractivity contribution in [2.24, 2.45) is 5.73 Å². The first-order valence-corrected chi connectivity index (χ1v) is 6.70. The Labute approximate surface area is 122 Å². The average Bonchev–Trinajstić information content (AvgIpc) is 2.44. The monoisotopic (exact) mass is 291 g/mol. The highest BCUT2D eigenvalue weighted by Gasteiger charge is 2.15. The Kier molecular flexibility index (Phi) is 4.88. The fraction of sp³-hybridized carbons (Fsp3) is 0.188. The van der Waals surface area contributed by atoms with Crippen LogP contribution in [0.25, 0.3) is 0 Å². The van der Waals surface area contributed by atoms with Crippen molar-refractivity contribution in [2.75, 3.05) is 0 Å². The van der Waals surface area contributed by atoms with Gasteiger partial charge in [-0.05, 0) is 29.7 Å². The predicted molar refractivity (Wildman–Crippen MR) is 78.2 cm³/mol. The van der Waals surface area contributed by atoms with Crippen molar-refractivity contribution in [3.8, 4) is 0 Å². The van der Waals surface area contributed by atoms with E-state index in [2.05, 4.69) is 0 Å². The van der Waals surface area contributed by atoms with E-state index in [0.717, 1.165) is 5.56 Å². The van der Waals surface area contributed by atoms with Gasteiger partial charge in [-0.3, -0.25) is 4.79 Å². The molecule has 104 valence electrons. The van der Waals surface area contributed by atoms with Crippen molar-refractivity contribution < 1.29 is 9.18 Å². The van der Waals surface area contributed by atoms with Gasteiger partial charge in [0.2, 0.25) is 0 Å². The lowest BCUT2D eigenvalue weighted by Crippen LogP contribution is -2.33. The minimum absolute atomic E-state index is 0.0507. The zero-order chi connectivity index (χ0) is 14.5. The first-order chi connectivity index (χ1) is 9.56. The summed E-state index contributed by atoms with van der Waals surface area (Å²) in [5.74, 6) is -0.635. The van der Waals surface area contributed by atoms with E-state index in [-0.39, 0.29) is 17.2 Å². The van der Waals surface area contributed by atoms with E-state index in [0.29, 0.717) is 12.0 Å². The zero-order valence-electron chi connectivity index (χ0n) is 10.9. The highest BCUT2D eigenvalue weighted by atomic mass is 35.5. The maximum Gasteiger partial charge on any atom is 0.154 e. The molecule has 2 nitrogen and oxygen atoms in total. The molecule has 0 aliphatic carbocycles. The summed E-state index contributed by atoms with van der Waals surface area (Å²) < 4.78 is 13.3. The normalized spacial score (nSPS) is 12.2. The van der Waals surface area contributed by atoms with Gasteiger partial charge in [-0.25, -0.2) is 4.39 Å². The lowest BCUT2D eigenvalue weighted by molar-refractivity contribution is -0.119. The van der Waals surface area contributed by atoms with E-state index < -0.39 is 11.9 Å². The minimum Gasteiger partial charge on any atom is -0.321 e. The van der Waals surface area contributed by atoms with E-state index in [4.69, 9.17) is 17.3 Å². The predicted octanol–water partition coefficient (Wildman–Crippen LogP) is 3.16. The molecule has 0 bridgehead atoms. The van der Waals surface area contributed by atoms with Crippen LogP contribution in [0.15, 0.2) is 48.5 Å². The summed E-state index contributed by atoms with van der Waals surface area (Å²) >= 11 is 5.60. The van der Waals surface area contributed by atoms with Gasteiger partial charge < -0.3 is 5.73 Å². The molecule has 2 aromatic carbocycles. The van der Waals surface area contributed by atoms with Gasteiger partial charge >= 0.3 is 0 Å². The molecule has 0 aromatic heterocycles. The van der Waals surface area contributed by atoms with Gasteiger partial charge in [0.25, 0.3) is 0 Å². The van der Waals surface area contributed by atoms with Crippen LogP contribution in [0.4, 0.5) is 4.39 Å². The fourth-order valence-corrected chi connectivity index (χ4v) is 2.08. The van der Waals surface area contributed by atoms with Crippen LogP contribution >= 0.6 is 11.6 Å². The van der Waals surface area contributed by atoms with E-state index in [1.807, 2.05) is 30.3 Å². The highest BCUT2D eigenvalue weighted by molar-refractivity contribution is 6.30. The molecule has 2 rings (SSSR count). The molecule has 0 aliphatic rings. The van der Waals surface area contributed by atoms with Crippen molar-refractivity contribution in [2.45, 2.75) is 18.9 Å². The van der Waals surface area contributed by atoms with E-state index >= 15 is 0 Å². The van der Waals surface area contributed by atoms with Gasteiger partial charge in [-0.1, -0.05) is 48.0 Å². The molecule has 0 amide bonds. The third-order valence-electron chi connectivity index (χ3n) is 3.07. The summed E-state index contributed by atoms with van der Waals surface area (Å²) in [6.07, 6.45) is 0.595. The molecule has 1 atom stereocenters. The molecular weight excluding hydrogens is 277 g/mol. The second-order valence-electron chi connectivity index (χ2n) is 4.69. The summed E-state index contributed by atoms with van der Waals surface area (Å²) in [5, 5.41) is 0.0507. The lowest BCUT2D eigenvalue weighted by Gasteiger charge is -2.11. The summed E-state index contributed by atoms with van der Waals surface area (Å²) in [6.45, 7) is 0. The number of ketones is 1. The molecule has 0 saturated carbocycles. The Bertz CT molecular complexity index is 601. The molecule has 4 heteroatoms. The van der Waals surface area contributed by atoms with E-state index in [1.165, 1.54) is 12.1 Å². The molecule has 20 heavy (non-hydrogen) atoms. The number of Topliss-reactive ketones (excluding diaryl/α,β-unsaturated/α-hetero) is 1. The molecule has 2 aromatic rings. The Balaban J connectivity index is 1.99. The van der Waals surface area contributed by atoms with Crippen LogP contribution in [0, 0.1) is 5.82 Å². The van der Waals surface area contributed by atoms with Crippen LogP contribution in [0.1, 0.15) is 11.1 Å². The second-order valence-corrected chi connectivity index (χ2v) is 5.09. The van der Waals surface area contributed by atoms with Gasteiger partial charge in [-0.2, -0.15) is 0 Å². The third kappa shape index (κ3) is 3.89. The van der Waals surface area contributed by atoms with Gasteiger partial charge in [0.1, 0.15) is 5.82 Å². The van der Waals surface area contributed by atoms with Crippen LogP contribution in [0.5, 0.6) is 0 Å². The van der Waals surface area contributed by atoms with Crippen molar-refractivity contribution >= 4 is 17.4 Å². The smallest absolute Gasteiger partial charge is 0.154 e. The quantitative estimate of drug-likeness (QED) is 0.919. The number of hydrogen-bond acceptors (Lipinski definition) is 2. The second kappa shape index (κ2) is 6.64. The number of carbonyl (C=O) groups excluding carboxylic acids is 1. The number of nitrogens with two attached hydrogens (primary N) is 1. The number of halogens is 2. The van der Waals surface area contributed by atoms with Crippen LogP contribution in [0.2, 0.25) is 5.02 Å². The molecule has 0 fully saturated rings. The first kappa shape index (κ1) is 14.7. The molecule has 1 unspecified atom stereocenters. The average molecular weight is 292 g/mol. The Morgan fingerprint density at radius 2 is 1.85 bits per heavy atom. The highest BCUT2D eigenvalue weighted by Crippen LogP contribution is 2.16. The van der Waals surface area contributed by atoms with E-state index in [9.17, 15) is 9.18 Å². The van der Waals surface area contributed by atoms with Crippen molar-refractivity contribution in [1.29, 1.82) is 0 Å². The summed E-state index contributed by atoms with van der Waals surface area (Å²) in [7, 11) is 0. The van der Waals surface area contributed by atoms with E-state index in [1.54, 1.807) is 6.07 Å². The standard InChI is InChI=1S/C16H15ClFNO/c17-13-7-6-12(8-14(13)18)10-16(20)15(19)9-11-4-2-1-3-5-11/h1-8,15H,9-10,19H2. The topological polar surface area (TPSA) is 43.1 Å². The third-order valence-corrected chi connectivity index (χ3v) is 3.38. The largest absolute Gasteiger partial charge is 0.321 e. The first-order valence-electron chi connectivity index (χ1n) is 6.32. The Hall–Kier alpha value is -1.71. The summed E-state index contributed by atoms with van der Waals surface area (Å²) in [4.78, 5) is 12.0. The number of benzene rings is 2. The molecule has 0 saturated heterocycles. The van der Waals surface area contributed by atoms with Crippen LogP contribution in [-0.2, 0) is 17.6 Å². The Morgan fingerprint density at radius 3 is 2.50 bits per heavy atom. The van der Waals surface area contributed by atoms with Crippen molar-refractivity contribution in [1.82, 2.24) is 0 Å². The maximum absolute atomic E-state index is 13.3. The molecule has 0 heterocycles. The zero-order valence-corrected chi connectivity index (χ0v) is 11.6. The molecule has 2 N–H and O–H groups in total. The molecular formula is C16H15ClFNO. The summed E-state index contributed by atoms with van der Waals surface area (Å²) in [5.41, 5.74) is 7.49. The molecule has 0 aliphatic heterocycles. The van der Waals surface area contributed by atoms with Gasteiger partial charge in [0.15, 0.2) is 5.78 Å². The van der Waals surface area contributed by atoms with Crippen LogP contribution < -0.4 is 5.73 Å². The number of rotatable bonds is 5. The van der Waals surface area contributed by atoms with Gasteiger partial charge in [-0.15, -0.1) is 0 Å². The fourth-order valence-electron chi connectivity index (χ4n) is 1.96. The number of hydrogen-bond donors (Lipinski definition) is 1. The lowest BCUT2D eigenvalue weighted by atomic mass is 9.98. The van der Waals surface area contributed by atoms with Crippen LogP contribution in [-0.4, -0.2) is 11.8 Å². The Morgan fingerprint density at radius 1 is 1.15 bits per heavy atom. The molecule has 0 spiro atoms. The van der Waals surface area contributed by atoms with Crippen LogP contribution in [0.3, 0.4) is 0 Å².